The Kier molecular flexibility index (Phi) is 3.30. The number of fused-ring (bicyclic) bond motifs is 1. The third kappa shape index (κ3) is 2.64. The van der Waals surface area contributed by atoms with Gasteiger partial charge in [0.15, 0.2) is 0 Å². The molecule has 0 atom stereocenters. The maximum Gasteiger partial charge on any atom is 0.405 e. The summed E-state index contributed by atoms with van der Waals surface area (Å²) >= 11 is 1.20. The number of hydrogen-bond acceptors (Lipinski definition) is 2. The standard InChI is InChI=1S/C12H10F3NOS/c1-7-8-4-2-3-5-9(8)18-10(7)11(17)16-6-12(13,14)15/h2-5H,6H2,1H3,(H,16,17). The number of carbonyl (C=O) groups is 1. The minimum atomic E-state index is -4.39. The molecule has 0 bridgehead atoms. The Bertz CT molecular complexity index is 589. The van der Waals surface area contributed by atoms with E-state index < -0.39 is 18.6 Å². The minimum absolute atomic E-state index is 0.334. The van der Waals surface area contributed by atoms with Crippen LogP contribution in [0.1, 0.15) is 15.2 Å². The zero-order chi connectivity index (χ0) is 13.3. The van der Waals surface area contributed by atoms with Gasteiger partial charge in [-0.2, -0.15) is 13.2 Å². The lowest BCUT2D eigenvalue weighted by atomic mass is 10.1. The first-order valence-electron chi connectivity index (χ1n) is 5.21. The van der Waals surface area contributed by atoms with Crippen LogP contribution in [0.4, 0.5) is 13.2 Å². The van der Waals surface area contributed by atoms with Crippen molar-refractivity contribution in [1.29, 1.82) is 0 Å². The predicted octanol–water partition coefficient (Wildman–Crippen LogP) is 3.50. The van der Waals surface area contributed by atoms with Crippen LogP contribution in [0, 0.1) is 6.92 Å². The zero-order valence-electron chi connectivity index (χ0n) is 9.47. The Hall–Kier alpha value is -1.56. The molecule has 0 spiro atoms. The zero-order valence-corrected chi connectivity index (χ0v) is 10.3. The molecule has 1 aromatic carbocycles. The molecule has 0 aliphatic rings. The van der Waals surface area contributed by atoms with Crippen LogP contribution in [0.15, 0.2) is 24.3 Å². The molecule has 18 heavy (non-hydrogen) atoms. The summed E-state index contributed by atoms with van der Waals surface area (Å²) in [7, 11) is 0. The van der Waals surface area contributed by atoms with Crippen LogP contribution in [-0.2, 0) is 0 Å². The number of nitrogens with one attached hydrogen (secondary N) is 1. The maximum atomic E-state index is 12.0. The van der Waals surface area contributed by atoms with Crippen molar-refractivity contribution in [1.82, 2.24) is 5.32 Å². The average Bonchev–Trinajstić information content (AvgIpc) is 2.64. The number of thiophene rings is 1. The summed E-state index contributed by atoms with van der Waals surface area (Å²) in [5.41, 5.74) is 0.718. The molecule has 6 heteroatoms. The number of halogens is 3. The monoisotopic (exact) mass is 273 g/mol. The van der Waals surface area contributed by atoms with E-state index in [9.17, 15) is 18.0 Å². The van der Waals surface area contributed by atoms with Gasteiger partial charge in [-0.1, -0.05) is 18.2 Å². The highest BCUT2D eigenvalue weighted by molar-refractivity contribution is 7.21. The smallest absolute Gasteiger partial charge is 0.342 e. The molecule has 0 aliphatic heterocycles. The van der Waals surface area contributed by atoms with Crippen LogP contribution in [0.2, 0.25) is 0 Å². The van der Waals surface area contributed by atoms with Crippen LogP contribution in [0.5, 0.6) is 0 Å². The molecule has 2 nitrogen and oxygen atoms in total. The van der Waals surface area contributed by atoms with Gasteiger partial charge in [-0.3, -0.25) is 4.79 Å². The molecule has 1 N–H and O–H groups in total. The van der Waals surface area contributed by atoms with Crippen molar-refractivity contribution in [3.05, 3.63) is 34.7 Å². The number of rotatable bonds is 2. The van der Waals surface area contributed by atoms with E-state index in [2.05, 4.69) is 0 Å². The van der Waals surface area contributed by atoms with Crippen molar-refractivity contribution in [3.8, 4) is 0 Å². The van der Waals surface area contributed by atoms with Crippen molar-refractivity contribution in [2.24, 2.45) is 0 Å². The van der Waals surface area contributed by atoms with Gasteiger partial charge in [0, 0.05) is 4.70 Å². The Morgan fingerprint density at radius 1 is 1.33 bits per heavy atom. The van der Waals surface area contributed by atoms with E-state index in [1.807, 2.05) is 29.6 Å². The molecule has 96 valence electrons. The van der Waals surface area contributed by atoms with Gasteiger partial charge in [0.05, 0.1) is 4.88 Å². The molecule has 0 fully saturated rings. The van der Waals surface area contributed by atoms with E-state index in [1.165, 1.54) is 11.3 Å². The molecule has 1 heterocycles. The number of carbonyl (C=O) groups excluding carboxylic acids is 1. The highest BCUT2D eigenvalue weighted by atomic mass is 32.1. The number of aryl methyl sites for hydroxylation is 1. The first-order valence-corrected chi connectivity index (χ1v) is 6.03. The SMILES string of the molecule is Cc1c(C(=O)NCC(F)(F)F)sc2ccccc12. The summed E-state index contributed by atoms with van der Waals surface area (Å²) in [6.07, 6.45) is -4.39. The summed E-state index contributed by atoms with van der Waals surface area (Å²) < 4.78 is 37.0. The van der Waals surface area contributed by atoms with E-state index in [0.29, 0.717) is 4.88 Å². The fourth-order valence-corrected chi connectivity index (χ4v) is 2.78. The molecule has 0 saturated heterocycles. The molecule has 0 radical (unpaired) electrons. The van der Waals surface area contributed by atoms with Crippen molar-refractivity contribution >= 4 is 27.3 Å². The molecular formula is C12H10F3NOS. The highest BCUT2D eigenvalue weighted by Crippen LogP contribution is 2.30. The summed E-state index contributed by atoms with van der Waals surface area (Å²) in [6, 6.07) is 7.35. The van der Waals surface area contributed by atoms with Crippen LogP contribution >= 0.6 is 11.3 Å². The van der Waals surface area contributed by atoms with Crippen molar-refractivity contribution in [2.45, 2.75) is 13.1 Å². The van der Waals surface area contributed by atoms with Gasteiger partial charge < -0.3 is 5.32 Å². The lowest BCUT2D eigenvalue weighted by Gasteiger charge is -2.07. The second-order valence-electron chi connectivity index (χ2n) is 3.85. The lowest BCUT2D eigenvalue weighted by Crippen LogP contribution is -2.33. The van der Waals surface area contributed by atoms with Crippen LogP contribution in [0.25, 0.3) is 10.1 Å². The number of benzene rings is 1. The summed E-state index contributed by atoms with van der Waals surface area (Å²) in [4.78, 5) is 12.0. The Morgan fingerprint density at radius 2 is 2.00 bits per heavy atom. The Balaban J connectivity index is 2.26. The average molecular weight is 273 g/mol. The fraction of sp³-hybridized carbons (Fsp3) is 0.250. The van der Waals surface area contributed by atoms with Gasteiger partial charge in [-0.25, -0.2) is 0 Å². The molecule has 0 saturated carbocycles. The Labute approximate surface area is 105 Å². The Morgan fingerprint density at radius 3 is 2.61 bits per heavy atom. The minimum Gasteiger partial charge on any atom is -0.342 e. The maximum absolute atomic E-state index is 12.0. The van der Waals surface area contributed by atoms with Gasteiger partial charge in [0.1, 0.15) is 6.54 Å². The molecule has 2 rings (SSSR count). The third-order valence-corrected chi connectivity index (χ3v) is 3.77. The second-order valence-corrected chi connectivity index (χ2v) is 4.90. The lowest BCUT2D eigenvalue weighted by molar-refractivity contribution is -0.123. The summed E-state index contributed by atoms with van der Waals surface area (Å²) in [5, 5.41) is 2.79. The van der Waals surface area contributed by atoms with Gasteiger partial charge in [0.25, 0.3) is 5.91 Å². The quantitative estimate of drug-likeness (QED) is 0.891. The van der Waals surface area contributed by atoms with E-state index in [4.69, 9.17) is 0 Å². The topological polar surface area (TPSA) is 29.1 Å². The van der Waals surface area contributed by atoms with Crippen molar-refractivity contribution in [3.63, 3.8) is 0 Å². The molecule has 2 aromatic rings. The van der Waals surface area contributed by atoms with E-state index >= 15 is 0 Å². The first-order chi connectivity index (χ1) is 8.38. The normalized spacial score (nSPS) is 11.8. The van der Waals surface area contributed by atoms with E-state index in [-0.39, 0.29) is 0 Å². The van der Waals surface area contributed by atoms with E-state index in [0.717, 1.165) is 15.6 Å². The summed E-state index contributed by atoms with van der Waals surface area (Å²) in [6.45, 7) is 0.431. The van der Waals surface area contributed by atoms with Crippen LogP contribution in [-0.4, -0.2) is 18.6 Å². The number of amides is 1. The predicted molar refractivity (Wildman–Crippen MR) is 65.0 cm³/mol. The van der Waals surface area contributed by atoms with Gasteiger partial charge in [0.2, 0.25) is 0 Å². The number of alkyl halides is 3. The largest absolute Gasteiger partial charge is 0.405 e. The molecule has 0 unspecified atom stereocenters. The molecule has 1 amide bonds. The van der Waals surface area contributed by atoms with E-state index in [1.54, 1.807) is 6.92 Å². The second kappa shape index (κ2) is 4.61. The fourth-order valence-electron chi connectivity index (χ4n) is 1.65. The molecule has 0 aliphatic carbocycles. The number of hydrogen-bond donors (Lipinski definition) is 1. The highest BCUT2D eigenvalue weighted by Gasteiger charge is 2.28. The molecular weight excluding hydrogens is 263 g/mol. The third-order valence-electron chi connectivity index (χ3n) is 2.50. The van der Waals surface area contributed by atoms with Crippen molar-refractivity contribution in [2.75, 3.05) is 6.54 Å². The van der Waals surface area contributed by atoms with Crippen LogP contribution < -0.4 is 5.32 Å². The van der Waals surface area contributed by atoms with Gasteiger partial charge in [-0.05, 0) is 23.9 Å². The summed E-state index contributed by atoms with van der Waals surface area (Å²) in [5.74, 6) is -0.675. The van der Waals surface area contributed by atoms with Crippen molar-refractivity contribution < 1.29 is 18.0 Å². The first kappa shape index (κ1) is 12.9. The molecule has 1 aromatic heterocycles. The van der Waals surface area contributed by atoms with Crippen LogP contribution in [0.3, 0.4) is 0 Å². The van der Waals surface area contributed by atoms with Gasteiger partial charge >= 0.3 is 6.18 Å². The van der Waals surface area contributed by atoms with Gasteiger partial charge in [-0.15, -0.1) is 11.3 Å².